The maximum atomic E-state index is 15.0. The Hall–Kier alpha value is -4.49. The van der Waals surface area contributed by atoms with Crippen LogP contribution in [0, 0.1) is 23.7 Å². The van der Waals surface area contributed by atoms with Crippen molar-refractivity contribution in [2.75, 3.05) is 13.7 Å². The second-order valence-corrected chi connectivity index (χ2v) is 13.1. The maximum absolute atomic E-state index is 15.0. The molecule has 46 heavy (non-hydrogen) atoms. The first-order valence-electron chi connectivity index (χ1n) is 15.8. The van der Waals surface area contributed by atoms with E-state index in [9.17, 15) is 19.5 Å². The molecule has 7 nitrogen and oxygen atoms in total. The van der Waals surface area contributed by atoms with Crippen LogP contribution in [0.4, 0.5) is 0 Å². The van der Waals surface area contributed by atoms with Crippen LogP contribution in [0.15, 0.2) is 90.5 Å². The van der Waals surface area contributed by atoms with Crippen LogP contribution in [0.25, 0.3) is 5.57 Å². The van der Waals surface area contributed by atoms with Crippen molar-refractivity contribution in [1.29, 1.82) is 0 Å². The van der Waals surface area contributed by atoms with Gasteiger partial charge in [0.2, 0.25) is 11.8 Å². The zero-order valence-electron chi connectivity index (χ0n) is 25.6. The summed E-state index contributed by atoms with van der Waals surface area (Å²) in [6.07, 6.45) is 4.72. The van der Waals surface area contributed by atoms with Gasteiger partial charge in [0, 0.05) is 24.0 Å². The van der Waals surface area contributed by atoms with Crippen molar-refractivity contribution in [3.8, 4) is 11.5 Å². The molecule has 2 amide bonds. The highest BCUT2D eigenvalue weighted by atomic mass is 35.5. The summed E-state index contributed by atoms with van der Waals surface area (Å²) in [7, 11) is 1.42. The van der Waals surface area contributed by atoms with Crippen LogP contribution in [-0.2, 0) is 24.6 Å². The highest BCUT2D eigenvalue weighted by Crippen LogP contribution is 2.64. The lowest BCUT2D eigenvalue weighted by Gasteiger charge is -2.55. The van der Waals surface area contributed by atoms with Crippen LogP contribution in [0.5, 0.6) is 11.5 Å². The molecule has 1 heterocycles. The normalized spacial score (nSPS) is 28.7. The van der Waals surface area contributed by atoms with Crippen LogP contribution in [0.3, 0.4) is 0 Å². The van der Waals surface area contributed by atoms with Gasteiger partial charge in [0.05, 0.1) is 29.4 Å². The molecule has 3 aromatic rings. The summed E-state index contributed by atoms with van der Waals surface area (Å²) in [6.45, 7) is 2.28. The predicted octanol–water partition coefficient (Wildman–Crippen LogP) is 6.29. The average molecular weight is 636 g/mol. The summed E-state index contributed by atoms with van der Waals surface area (Å²) in [5.41, 5.74) is 1.70. The van der Waals surface area contributed by atoms with Gasteiger partial charge in [-0.3, -0.25) is 24.1 Å². The fourth-order valence-electron chi connectivity index (χ4n) is 8.67. The molecule has 1 N–H and O–H groups in total. The van der Waals surface area contributed by atoms with Crippen molar-refractivity contribution in [2.45, 2.75) is 37.5 Å². The van der Waals surface area contributed by atoms with Crippen LogP contribution in [0.2, 0.25) is 5.02 Å². The first-order chi connectivity index (χ1) is 22.2. The van der Waals surface area contributed by atoms with E-state index in [0.29, 0.717) is 41.6 Å². The van der Waals surface area contributed by atoms with Crippen LogP contribution in [-0.4, -0.2) is 47.0 Å². The molecule has 0 radical (unpaired) electrons. The molecular formula is C38H34ClNO6. The Kier molecular flexibility index (Phi) is 7.47. The molecule has 4 aliphatic rings. The van der Waals surface area contributed by atoms with E-state index in [0.717, 1.165) is 5.57 Å². The van der Waals surface area contributed by atoms with E-state index in [-0.39, 0.29) is 46.3 Å². The Labute approximate surface area is 272 Å². The number of methoxy groups -OCH3 is 1. The first kappa shape index (κ1) is 30.2. The topological polar surface area (TPSA) is 101 Å². The molecule has 2 fully saturated rings. The minimum atomic E-state index is -1.38. The summed E-state index contributed by atoms with van der Waals surface area (Å²) in [6, 6.07) is 21.8. The number of nitrogens with zero attached hydrogens (tertiary/aromatic N) is 1. The number of hydrogen-bond donors (Lipinski definition) is 1. The molecular weight excluding hydrogens is 602 g/mol. The number of amides is 2. The molecule has 6 atom stereocenters. The quantitative estimate of drug-likeness (QED) is 0.252. The first-order valence-corrected chi connectivity index (χ1v) is 16.1. The lowest BCUT2D eigenvalue weighted by Crippen LogP contribution is -2.58. The van der Waals surface area contributed by atoms with Gasteiger partial charge in [0.1, 0.15) is 0 Å². The lowest BCUT2D eigenvalue weighted by molar-refractivity contribution is -0.140. The van der Waals surface area contributed by atoms with E-state index >= 15 is 4.79 Å². The monoisotopic (exact) mass is 635 g/mol. The van der Waals surface area contributed by atoms with E-state index in [2.05, 4.69) is 0 Å². The van der Waals surface area contributed by atoms with Gasteiger partial charge in [0.25, 0.3) is 0 Å². The fourth-order valence-corrected chi connectivity index (χ4v) is 8.89. The maximum Gasteiger partial charge on any atom is 0.233 e. The van der Waals surface area contributed by atoms with Gasteiger partial charge in [-0.1, -0.05) is 90.8 Å². The molecule has 0 spiro atoms. The zero-order chi connectivity index (χ0) is 32.3. The molecule has 8 heteroatoms. The Morgan fingerprint density at radius 3 is 2.33 bits per heavy atom. The number of carbonyl (C=O) groups is 4. The van der Waals surface area contributed by atoms with E-state index < -0.39 is 35.0 Å². The number of phenolic OH excluding ortho intramolecular Hbond substituents is 1. The van der Waals surface area contributed by atoms with Gasteiger partial charge in [-0.2, -0.15) is 0 Å². The second kappa shape index (κ2) is 11.4. The van der Waals surface area contributed by atoms with Crippen molar-refractivity contribution in [3.05, 3.63) is 112 Å². The van der Waals surface area contributed by atoms with Gasteiger partial charge in [-0.25, -0.2) is 0 Å². The van der Waals surface area contributed by atoms with Crippen molar-refractivity contribution in [3.63, 3.8) is 0 Å². The largest absolute Gasteiger partial charge is 0.503 e. The fraction of sp³-hybridized carbons (Fsp3) is 0.316. The van der Waals surface area contributed by atoms with E-state index in [1.807, 2.05) is 73.7 Å². The Bertz CT molecular complexity index is 1830. The average Bonchev–Trinajstić information content (AvgIpc) is 3.32. The summed E-state index contributed by atoms with van der Waals surface area (Å²) < 4.78 is 5.51. The third kappa shape index (κ3) is 4.24. The molecule has 234 valence electrons. The number of imide groups is 1. The summed E-state index contributed by atoms with van der Waals surface area (Å²) in [5.74, 6) is -4.10. The Morgan fingerprint density at radius 1 is 0.957 bits per heavy atom. The third-order valence-corrected chi connectivity index (χ3v) is 10.8. The number of ketones is 2. The standard InChI is InChI=1S/C38H34ClNO6/c1-3-16-40-36(44)25-15-14-24-27(32(25)37(40)45)19-28-34(42)26(21-10-6-4-7-11-21)20-31(41)38(28,23-12-8-5-9-13-23)33(24)22-17-29(39)35(43)30(18-22)46-2/h4-14,17-18,20,25,27-28,32-33,43H,3,15-16,19H2,1-2H3. The number of fused-ring (bicyclic) bond motifs is 4. The van der Waals surface area contributed by atoms with E-state index in [1.165, 1.54) is 18.1 Å². The van der Waals surface area contributed by atoms with Crippen LogP contribution < -0.4 is 4.74 Å². The Balaban J connectivity index is 1.52. The molecule has 1 saturated heterocycles. The van der Waals surface area contributed by atoms with Gasteiger partial charge >= 0.3 is 0 Å². The molecule has 0 aromatic heterocycles. The van der Waals surface area contributed by atoms with Crippen LogP contribution >= 0.6 is 11.6 Å². The van der Waals surface area contributed by atoms with Gasteiger partial charge in [-0.15, -0.1) is 0 Å². The lowest BCUT2D eigenvalue weighted by atomic mass is 9.44. The van der Waals surface area contributed by atoms with Gasteiger partial charge in [-0.05, 0) is 60.1 Å². The number of Topliss-reactive ketones (excluding diaryl/α,β-unsaturated/α-hetero) is 1. The van der Waals surface area contributed by atoms with E-state index in [4.69, 9.17) is 16.3 Å². The number of likely N-dealkylation sites (tertiary alicyclic amines) is 1. The minimum absolute atomic E-state index is 0.0434. The zero-order valence-corrected chi connectivity index (χ0v) is 26.4. The number of carbonyl (C=O) groups excluding carboxylic acids is 4. The van der Waals surface area contributed by atoms with Crippen molar-refractivity contribution in [1.82, 2.24) is 4.90 Å². The number of hydrogen-bond acceptors (Lipinski definition) is 6. The second-order valence-electron chi connectivity index (χ2n) is 12.7. The van der Waals surface area contributed by atoms with Gasteiger partial charge in [0.15, 0.2) is 23.1 Å². The summed E-state index contributed by atoms with van der Waals surface area (Å²) in [5, 5.41) is 10.7. The predicted molar refractivity (Wildman–Crippen MR) is 173 cm³/mol. The number of rotatable bonds is 6. The number of allylic oxidation sites excluding steroid dienone is 4. The minimum Gasteiger partial charge on any atom is -0.503 e. The molecule has 6 unspecified atom stereocenters. The molecule has 0 bridgehead atoms. The Morgan fingerprint density at radius 2 is 1.65 bits per heavy atom. The van der Waals surface area contributed by atoms with Gasteiger partial charge < -0.3 is 9.84 Å². The number of ether oxygens (including phenoxy) is 1. The highest BCUT2D eigenvalue weighted by Gasteiger charge is 2.65. The molecule has 1 saturated carbocycles. The summed E-state index contributed by atoms with van der Waals surface area (Å²) >= 11 is 6.59. The van der Waals surface area contributed by atoms with E-state index in [1.54, 1.807) is 12.1 Å². The number of benzene rings is 3. The van der Waals surface area contributed by atoms with Crippen LogP contribution in [0.1, 0.15) is 48.8 Å². The number of phenols is 1. The van der Waals surface area contributed by atoms with Crippen molar-refractivity contribution >= 4 is 40.6 Å². The molecule has 7 rings (SSSR count). The van der Waals surface area contributed by atoms with Crippen molar-refractivity contribution < 1.29 is 29.0 Å². The smallest absolute Gasteiger partial charge is 0.233 e. The third-order valence-electron chi connectivity index (χ3n) is 10.5. The number of halogens is 1. The summed E-state index contributed by atoms with van der Waals surface area (Å²) in [4.78, 5) is 58.9. The SMILES string of the molecule is CCCN1C(=O)C2CC=C3C(CC4C(=O)C(c5ccccc5)=CC(=O)C4(c4ccccc4)C3c3cc(Cl)c(O)c(OC)c3)C2C1=O. The molecule has 3 aliphatic carbocycles. The highest BCUT2D eigenvalue weighted by molar-refractivity contribution is 6.33. The molecule has 3 aromatic carbocycles. The van der Waals surface area contributed by atoms with Crippen molar-refractivity contribution in [2.24, 2.45) is 23.7 Å². The number of aromatic hydroxyl groups is 1. The molecule has 1 aliphatic heterocycles.